The number of benzene rings is 2. The minimum Gasteiger partial charge on any atom is -0.489 e. The van der Waals surface area contributed by atoms with Crippen molar-refractivity contribution in [1.29, 1.82) is 0 Å². The zero-order chi connectivity index (χ0) is 19.4. The molecule has 1 aliphatic rings. The van der Waals surface area contributed by atoms with Gasteiger partial charge in [0.2, 0.25) is 0 Å². The van der Waals surface area contributed by atoms with Gasteiger partial charge in [-0.15, -0.1) is 0 Å². The number of carbonyl (C=O) groups excluding carboxylic acids is 1. The average molecular weight is 386 g/mol. The first-order chi connectivity index (χ1) is 13.0. The van der Waals surface area contributed by atoms with Gasteiger partial charge >= 0.3 is 0 Å². The summed E-state index contributed by atoms with van der Waals surface area (Å²) in [5.74, 6) is 0.389. The van der Waals surface area contributed by atoms with Crippen LogP contribution in [0, 0.1) is 5.82 Å². The number of carbonyl (C=O) groups is 1. The number of thiocarbonyl (C=S) groups is 1. The van der Waals surface area contributed by atoms with E-state index < -0.39 is 0 Å². The van der Waals surface area contributed by atoms with E-state index in [1.165, 1.54) is 12.1 Å². The van der Waals surface area contributed by atoms with E-state index in [1.807, 2.05) is 6.07 Å². The minimum atomic E-state index is -0.270. The normalized spacial score (nSPS) is 14.6. The fraction of sp³-hybridized carbons (Fsp3) is 0.333. The van der Waals surface area contributed by atoms with Gasteiger partial charge in [-0.1, -0.05) is 37.7 Å². The van der Waals surface area contributed by atoms with Crippen LogP contribution in [0.2, 0.25) is 0 Å². The van der Waals surface area contributed by atoms with Crippen molar-refractivity contribution in [2.75, 3.05) is 6.54 Å². The molecule has 0 unspecified atom stereocenters. The molecule has 0 spiro atoms. The monoisotopic (exact) mass is 386 g/mol. The predicted molar refractivity (Wildman–Crippen MR) is 107 cm³/mol. The Balaban J connectivity index is 1.72. The summed E-state index contributed by atoms with van der Waals surface area (Å²) >= 11 is 5.17. The summed E-state index contributed by atoms with van der Waals surface area (Å²) in [4.78, 5) is 15.0. The highest BCUT2D eigenvalue weighted by molar-refractivity contribution is 7.80. The van der Waals surface area contributed by atoms with Crippen LogP contribution in [0.15, 0.2) is 42.5 Å². The predicted octanol–water partition coefficient (Wildman–Crippen LogP) is 3.86. The largest absolute Gasteiger partial charge is 0.489 e. The Bertz CT molecular complexity index is 839. The maximum atomic E-state index is 13.0. The minimum absolute atomic E-state index is 0.0346. The van der Waals surface area contributed by atoms with Gasteiger partial charge in [0, 0.05) is 12.1 Å². The molecule has 142 valence electrons. The molecule has 2 aromatic rings. The summed E-state index contributed by atoms with van der Waals surface area (Å²) in [7, 11) is 0. The van der Waals surface area contributed by atoms with Gasteiger partial charge in [-0.2, -0.15) is 0 Å². The van der Waals surface area contributed by atoms with Gasteiger partial charge in [0.1, 0.15) is 18.2 Å². The molecule has 4 nitrogen and oxygen atoms in total. The molecule has 0 aromatic heterocycles. The van der Waals surface area contributed by atoms with Crippen molar-refractivity contribution in [2.24, 2.45) is 5.73 Å². The van der Waals surface area contributed by atoms with E-state index in [0.717, 1.165) is 30.4 Å². The Kier molecular flexibility index (Phi) is 6.06. The summed E-state index contributed by atoms with van der Waals surface area (Å²) < 4.78 is 18.8. The van der Waals surface area contributed by atoms with Crippen molar-refractivity contribution in [1.82, 2.24) is 4.90 Å². The molecule has 3 rings (SSSR count). The van der Waals surface area contributed by atoms with Gasteiger partial charge in [0.25, 0.3) is 5.91 Å². The highest BCUT2D eigenvalue weighted by Crippen LogP contribution is 2.26. The van der Waals surface area contributed by atoms with Crippen LogP contribution in [0.25, 0.3) is 0 Å². The van der Waals surface area contributed by atoms with Crippen LogP contribution in [-0.2, 0) is 13.0 Å². The Morgan fingerprint density at radius 2 is 2.04 bits per heavy atom. The number of fused-ring (bicyclic) bond motifs is 1. The molecule has 0 saturated heterocycles. The molecule has 6 heteroatoms. The molecule has 1 aliphatic heterocycles. The van der Waals surface area contributed by atoms with Crippen LogP contribution < -0.4 is 10.5 Å². The third-order valence-corrected chi connectivity index (χ3v) is 5.05. The fourth-order valence-electron chi connectivity index (χ4n) is 3.34. The molecule has 1 heterocycles. The second-order valence-electron chi connectivity index (χ2n) is 6.69. The van der Waals surface area contributed by atoms with Crippen LogP contribution in [0.3, 0.4) is 0 Å². The van der Waals surface area contributed by atoms with Crippen LogP contribution in [0.1, 0.15) is 41.3 Å². The Morgan fingerprint density at radius 3 is 2.70 bits per heavy atom. The molecule has 2 N–H and O–H groups in total. The van der Waals surface area contributed by atoms with Crippen LogP contribution in [0.4, 0.5) is 4.39 Å². The molecule has 0 aliphatic carbocycles. The third-order valence-electron chi connectivity index (χ3n) is 4.78. The summed E-state index contributed by atoms with van der Waals surface area (Å²) in [5.41, 5.74) is 8.38. The third kappa shape index (κ3) is 4.45. The molecule has 2 aromatic carbocycles. The second-order valence-corrected chi connectivity index (χ2v) is 7.16. The van der Waals surface area contributed by atoms with Gasteiger partial charge < -0.3 is 15.4 Å². The first-order valence-corrected chi connectivity index (χ1v) is 9.51. The van der Waals surface area contributed by atoms with Crippen molar-refractivity contribution in [3.63, 3.8) is 0 Å². The number of ether oxygens (including phenoxy) is 1. The standard InChI is InChI=1S/C21H23FN2O2S/c1-2-3-19(20(23)27)24-11-10-15-12-17(8-9-18(15)21(24)25)26-13-14-4-6-16(22)7-5-14/h4-9,12,19H,2-3,10-11,13H2,1H3,(H2,23,27)/t19-/m0/s1. The van der Waals surface area contributed by atoms with Gasteiger partial charge in [-0.25, -0.2) is 4.39 Å². The number of nitrogens with two attached hydrogens (primary N) is 1. The highest BCUT2D eigenvalue weighted by atomic mass is 32.1. The first-order valence-electron chi connectivity index (χ1n) is 9.10. The van der Waals surface area contributed by atoms with E-state index in [-0.39, 0.29) is 17.8 Å². The number of amides is 1. The Morgan fingerprint density at radius 1 is 1.30 bits per heavy atom. The van der Waals surface area contributed by atoms with Gasteiger partial charge in [-0.3, -0.25) is 4.79 Å². The van der Waals surface area contributed by atoms with Crippen molar-refractivity contribution < 1.29 is 13.9 Å². The smallest absolute Gasteiger partial charge is 0.254 e. The number of hydrogen-bond acceptors (Lipinski definition) is 3. The van der Waals surface area contributed by atoms with Crippen molar-refractivity contribution in [3.8, 4) is 5.75 Å². The number of hydrogen-bond donors (Lipinski definition) is 1. The van der Waals surface area contributed by atoms with Crippen molar-refractivity contribution in [2.45, 2.75) is 38.8 Å². The Hall–Kier alpha value is -2.47. The zero-order valence-electron chi connectivity index (χ0n) is 15.3. The van der Waals surface area contributed by atoms with Crippen molar-refractivity contribution in [3.05, 3.63) is 65.0 Å². The average Bonchev–Trinajstić information content (AvgIpc) is 2.66. The van der Waals surface area contributed by atoms with E-state index >= 15 is 0 Å². The topological polar surface area (TPSA) is 55.6 Å². The fourth-order valence-corrected chi connectivity index (χ4v) is 3.59. The SMILES string of the molecule is CCC[C@@H](C(N)=S)N1CCc2cc(OCc3ccc(F)cc3)ccc2C1=O. The lowest BCUT2D eigenvalue weighted by Gasteiger charge is -2.35. The van der Waals surface area contributed by atoms with Crippen LogP contribution in [0.5, 0.6) is 5.75 Å². The molecule has 0 fully saturated rings. The second kappa shape index (κ2) is 8.48. The Labute approximate surface area is 164 Å². The van der Waals surface area contributed by atoms with Gasteiger partial charge in [0.05, 0.1) is 11.0 Å². The van der Waals surface area contributed by atoms with E-state index in [0.29, 0.717) is 29.5 Å². The van der Waals surface area contributed by atoms with E-state index in [2.05, 4.69) is 6.92 Å². The van der Waals surface area contributed by atoms with Crippen molar-refractivity contribution >= 4 is 23.1 Å². The molecule has 0 saturated carbocycles. The molecular formula is C21H23FN2O2S. The van der Waals surface area contributed by atoms with Gasteiger partial charge in [0.15, 0.2) is 0 Å². The lowest BCUT2D eigenvalue weighted by atomic mass is 9.96. The summed E-state index contributed by atoms with van der Waals surface area (Å²) in [6.45, 7) is 2.99. The summed E-state index contributed by atoms with van der Waals surface area (Å²) in [6.07, 6.45) is 2.42. The maximum absolute atomic E-state index is 13.0. The van der Waals surface area contributed by atoms with E-state index in [4.69, 9.17) is 22.7 Å². The first kappa shape index (κ1) is 19.3. The lowest BCUT2D eigenvalue weighted by molar-refractivity contribution is 0.0702. The van der Waals surface area contributed by atoms with Gasteiger partial charge in [-0.05, 0) is 54.3 Å². The maximum Gasteiger partial charge on any atom is 0.254 e. The summed E-state index contributed by atoms with van der Waals surface area (Å²) in [6, 6.07) is 11.5. The molecule has 1 atom stereocenters. The van der Waals surface area contributed by atoms with Crippen LogP contribution >= 0.6 is 12.2 Å². The number of nitrogens with zero attached hydrogens (tertiary/aromatic N) is 1. The molecule has 0 radical (unpaired) electrons. The number of rotatable bonds is 7. The quantitative estimate of drug-likeness (QED) is 0.734. The number of halogens is 1. The molecule has 1 amide bonds. The lowest BCUT2D eigenvalue weighted by Crippen LogP contribution is -2.50. The molecular weight excluding hydrogens is 363 g/mol. The van der Waals surface area contributed by atoms with Crippen LogP contribution in [-0.4, -0.2) is 28.4 Å². The highest BCUT2D eigenvalue weighted by Gasteiger charge is 2.31. The molecule has 27 heavy (non-hydrogen) atoms. The van der Waals surface area contributed by atoms with E-state index in [9.17, 15) is 9.18 Å². The summed E-state index contributed by atoms with van der Waals surface area (Å²) in [5, 5.41) is 0. The van der Waals surface area contributed by atoms with E-state index in [1.54, 1.807) is 29.2 Å². The zero-order valence-corrected chi connectivity index (χ0v) is 16.1. The molecule has 0 bridgehead atoms.